The zero-order chi connectivity index (χ0) is 17.6. The van der Waals surface area contributed by atoms with Gasteiger partial charge in [-0.25, -0.2) is 4.39 Å². The van der Waals surface area contributed by atoms with Gasteiger partial charge in [-0.2, -0.15) is 30.7 Å². The van der Waals surface area contributed by atoms with Crippen LogP contribution in [-0.4, -0.2) is 36.9 Å². The summed E-state index contributed by atoms with van der Waals surface area (Å²) in [5, 5.41) is 0. The monoisotopic (exact) mass is 365 g/mol. The van der Waals surface area contributed by atoms with Crippen LogP contribution < -0.4 is 4.90 Å². The minimum absolute atomic E-state index is 0.00254. The minimum atomic E-state index is -4.47. The maximum absolute atomic E-state index is 13.9. The van der Waals surface area contributed by atoms with Gasteiger partial charge in [0.1, 0.15) is 5.82 Å². The van der Waals surface area contributed by atoms with Crippen molar-refractivity contribution in [3.05, 3.63) is 23.5 Å². The molecule has 10 heteroatoms. The number of halogens is 8. The normalized spacial score (nSPS) is 20.1. The molecule has 0 atom stereocenters. The van der Waals surface area contributed by atoms with E-state index in [-0.39, 0.29) is 10.5 Å². The lowest BCUT2D eigenvalue weighted by atomic mass is 10.2. The summed E-state index contributed by atoms with van der Waals surface area (Å²) in [5.41, 5.74) is -0.393. The Labute approximate surface area is 130 Å². The van der Waals surface area contributed by atoms with Crippen molar-refractivity contribution in [2.75, 3.05) is 23.7 Å². The first kappa shape index (κ1) is 18.2. The number of alkyl halides is 7. The maximum Gasteiger partial charge on any atom is 0.398 e. The molecule has 2 rings (SSSR count). The van der Waals surface area contributed by atoms with Crippen LogP contribution in [0.3, 0.4) is 0 Å². The van der Waals surface area contributed by atoms with Crippen molar-refractivity contribution in [1.82, 2.24) is 0 Å². The molecule has 0 spiro atoms. The molecule has 1 aliphatic heterocycles. The second-order valence-corrected chi connectivity index (χ2v) is 6.26. The van der Waals surface area contributed by atoms with Gasteiger partial charge in [0.15, 0.2) is 0 Å². The standard InChI is InChI=1S/C13H11F8NS/c1-7-2-8(14)9(3-10(7)23-6-13(19,20)21)22-4-11(15,16)12(17,18)5-22/h2-3H,4-6H2,1H3. The van der Waals surface area contributed by atoms with E-state index >= 15 is 0 Å². The fourth-order valence-electron chi connectivity index (χ4n) is 2.14. The molecule has 1 nitrogen and oxygen atoms in total. The molecule has 0 radical (unpaired) electrons. The summed E-state index contributed by atoms with van der Waals surface area (Å²) in [4.78, 5) is 0.448. The second-order valence-electron chi connectivity index (χ2n) is 5.24. The second kappa shape index (κ2) is 5.71. The molecule has 1 aromatic rings. The topological polar surface area (TPSA) is 3.24 Å². The summed E-state index contributed by atoms with van der Waals surface area (Å²) in [6, 6.07) is 1.75. The van der Waals surface area contributed by atoms with E-state index in [1.165, 1.54) is 6.92 Å². The Morgan fingerprint density at radius 2 is 1.61 bits per heavy atom. The van der Waals surface area contributed by atoms with Crippen molar-refractivity contribution in [3.63, 3.8) is 0 Å². The quantitative estimate of drug-likeness (QED) is 0.555. The van der Waals surface area contributed by atoms with E-state index in [1.807, 2.05) is 0 Å². The van der Waals surface area contributed by atoms with Gasteiger partial charge >= 0.3 is 18.0 Å². The van der Waals surface area contributed by atoms with E-state index in [0.717, 1.165) is 12.1 Å². The van der Waals surface area contributed by atoms with Crippen molar-refractivity contribution in [2.45, 2.75) is 29.8 Å². The van der Waals surface area contributed by atoms with Crippen LogP contribution in [0.15, 0.2) is 17.0 Å². The third-order valence-corrected chi connectivity index (χ3v) is 4.51. The Kier molecular flexibility index (Phi) is 4.51. The summed E-state index contributed by atoms with van der Waals surface area (Å²) >= 11 is 0.342. The Morgan fingerprint density at radius 3 is 2.09 bits per heavy atom. The molecule has 0 saturated carbocycles. The number of rotatable bonds is 3. The van der Waals surface area contributed by atoms with Crippen LogP contribution in [0, 0.1) is 12.7 Å². The number of anilines is 1. The predicted molar refractivity (Wildman–Crippen MR) is 70.0 cm³/mol. The van der Waals surface area contributed by atoms with Gasteiger partial charge in [0.25, 0.3) is 0 Å². The molecule has 0 aliphatic carbocycles. The summed E-state index contributed by atoms with van der Waals surface area (Å²) < 4.78 is 103. The molecular formula is C13H11F8NS. The van der Waals surface area contributed by atoms with Gasteiger partial charge in [0.05, 0.1) is 24.5 Å². The van der Waals surface area contributed by atoms with Gasteiger partial charge in [0, 0.05) is 4.90 Å². The van der Waals surface area contributed by atoms with Crippen LogP contribution in [0.2, 0.25) is 0 Å². The van der Waals surface area contributed by atoms with Crippen LogP contribution in [0.4, 0.5) is 40.8 Å². The van der Waals surface area contributed by atoms with Crippen molar-refractivity contribution in [2.24, 2.45) is 0 Å². The Hall–Kier alpha value is -1.19. The molecule has 0 unspecified atom stereocenters. The molecule has 1 heterocycles. The molecular weight excluding hydrogens is 354 g/mol. The van der Waals surface area contributed by atoms with Crippen LogP contribution in [0.25, 0.3) is 0 Å². The highest BCUT2D eigenvalue weighted by molar-refractivity contribution is 7.99. The van der Waals surface area contributed by atoms with Crippen molar-refractivity contribution >= 4 is 17.4 Å². The summed E-state index contributed by atoms with van der Waals surface area (Å²) in [6.07, 6.45) is -4.47. The van der Waals surface area contributed by atoms with E-state index in [4.69, 9.17) is 0 Å². The molecule has 0 amide bonds. The van der Waals surface area contributed by atoms with Crippen molar-refractivity contribution in [1.29, 1.82) is 0 Å². The molecule has 130 valence electrons. The first-order valence-corrected chi connectivity index (χ1v) is 7.31. The fraction of sp³-hybridized carbons (Fsp3) is 0.538. The lowest BCUT2D eigenvalue weighted by Gasteiger charge is -2.20. The average Bonchev–Trinajstić information content (AvgIpc) is 2.55. The highest BCUT2D eigenvalue weighted by Gasteiger charge is 2.63. The third-order valence-electron chi connectivity index (χ3n) is 3.29. The highest BCUT2D eigenvalue weighted by Crippen LogP contribution is 2.44. The van der Waals surface area contributed by atoms with Crippen molar-refractivity contribution in [3.8, 4) is 0 Å². The van der Waals surface area contributed by atoms with Gasteiger partial charge in [-0.1, -0.05) is 0 Å². The van der Waals surface area contributed by atoms with Crippen molar-refractivity contribution < 1.29 is 35.1 Å². The number of aryl methyl sites for hydroxylation is 1. The fourth-order valence-corrected chi connectivity index (χ4v) is 2.94. The third kappa shape index (κ3) is 3.84. The van der Waals surface area contributed by atoms with E-state index in [2.05, 4.69) is 0 Å². The number of nitrogens with zero attached hydrogens (tertiary/aromatic N) is 1. The lowest BCUT2D eigenvalue weighted by Crippen LogP contribution is -2.38. The van der Waals surface area contributed by atoms with E-state index < -0.39 is 48.4 Å². The maximum atomic E-state index is 13.9. The molecule has 1 aromatic carbocycles. The first-order chi connectivity index (χ1) is 10.3. The molecule has 0 bridgehead atoms. The van der Waals surface area contributed by atoms with Crippen LogP contribution >= 0.6 is 11.8 Å². The molecule has 1 fully saturated rings. The van der Waals surface area contributed by atoms with Gasteiger partial charge in [0.2, 0.25) is 0 Å². The Balaban J connectivity index is 2.30. The highest BCUT2D eigenvalue weighted by atomic mass is 32.2. The summed E-state index contributed by atoms with van der Waals surface area (Å²) in [7, 11) is 0. The van der Waals surface area contributed by atoms with E-state index in [0.29, 0.717) is 16.7 Å². The van der Waals surface area contributed by atoms with Gasteiger partial charge in [-0.3, -0.25) is 0 Å². The van der Waals surface area contributed by atoms with Gasteiger partial charge in [-0.15, -0.1) is 11.8 Å². The van der Waals surface area contributed by atoms with Crippen LogP contribution in [-0.2, 0) is 0 Å². The lowest BCUT2D eigenvalue weighted by molar-refractivity contribution is -0.172. The number of hydrogen-bond acceptors (Lipinski definition) is 2. The van der Waals surface area contributed by atoms with E-state index in [1.54, 1.807) is 0 Å². The minimum Gasteiger partial charge on any atom is -0.357 e. The average molecular weight is 365 g/mol. The molecule has 0 N–H and O–H groups in total. The Bertz CT molecular complexity index is 582. The zero-order valence-corrected chi connectivity index (χ0v) is 12.5. The molecule has 23 heavy (non-hydrogen) atoms. The molecule has 0 aromatic heterocycles. The van der Waals surface area contributed by atoms with Crippen LogP contribution in [0.1, 0.15) is 5.56 Å². The SMILES string of the molecule is Cc1cc(F)c(N2CC(F)(F)C(F)(F)C2)cc1SCC(F)(F)F. The molecule has 1 aliphatic rings. The predicted octanol–water partition coefficient (Wildman–Crippen LogP) is 4.88. The molecule has 1 saturated heterocycles. The smallest absolute Gasteiger partial charge is 0.357 e. The Morgan fingerprint density at radius 1 is 1.09 bits per heavy atom. The number of thioether (sulfide) groups is 1. The number of hydrogen-bond donors (Lipinski definition) is 0. The largest absolute Gasteiger partial charge is 0.398 e. The van der Waals surface area contributed by atoms with Crippen LogP contribution in [0.5, 0.6) is 0 Å². The van der Waals surface area contributed by atoms with E-state index in [9.17, 15) is 35.1 Å². The van der Waals surface area contributed by atoms with Gasteiger partial charge < -0.3 is 4.90 Å². The summed E-state index contributed by atoms with van der Waals surface area (Å²) in [6.45, 7) is -1.45. The van der Waals surface area contributed by atoms with Gasteiger partial charge in [-0.05, 0) is 24.6 Å². The number of benzene rings is 1. The zero-order valence-electron chi connectivity index (χ0n) is 11.7. The first-order valence-electron chi connectivity index (χ1n) is 6.33. The summed E-state index contributed by atoms with van der Waals surface area (Å²) in [5.74, 6) is -11.0.